The summed E-state index contributed by atoms with van der Waals surface area (Å²) in [5.41, 5.74) is -0.448. The molecule has 1 N–H and O–H groups in total. The molecule has 152 valence electrons. The van der Waals surface area contributed by atoms with Crippen LogP contribution in [-0.4, -0.2) is 37.0 Å². The Bertz CT molecular complexity index is 1360. The molecule has 0 fully saturated rings. The lowest BCUT2D eigenvalue weighted by molar-refractivity contribution is -0.118. The Kier molecular flexibility index (Phi) is 4.84. The number of sulfonamides is 1. The van der Waals surface area contributed by atoms with Gasteiger partial charge in [0.05, 0.1) is 10.3 Å². The standard InChI is InChI=1S/C21H16N2O6S/c1-2-11-23-18(20(25)14-8-4-6-10-17(14)30(23,27)28)21(26)22-15-12-29-16-9-5-3-7-13(16)19(15)24/h2-10,12,18H,1,11H2,(H,22,26). The fourth-order valence-corrected chi connectivity index (χ4v) is 5.10. The van der Waals surface area contributed by atoms with Gasteiger partial charge in [-0.05, 0) is 24.3 Å². The molecule has 0 spiro atoms. The van der Waals surface area contributed by atoms with Crippen LogP contribution in [0.4, 0.5) is 5.69 Å². The van der Waals surface area contributed by atoms with E-state index < -0.39 is 33.2 Å². The molecule has 1 atom stereocenters. The fraction of sp³-hybridized carbons (Fsp3) is 0.0952. The number of benzene rings is 2. The topological polar surface area (TPSA) is 114 Å². The molecule has 2 heterocycles. The average molecular weight is 424 g/mol. The van der Waals surface area contributed by atoms with Gasteiger partial charge in [-0.2, -0.15) is 4.31 Å². The largest absolute Gasteiger partial charge is 0.462 e. The number of carbonyl (C=O) groups excluding carboxylic acids is 2. The summed E-state index contributed by atoms with van der Waals surface area (Å²) in [6.45, 7) is 3.26. The van der Waals surface area contributed by atoms with Crippen molar-refractivity contribution in [2.24, 2.45) is 0 Å². The molecule has 1 amide bonds. The first-order chi connectivity index (χ1) is 14.4. The normalized spacial score (nSPS) is 18.0. The van der Waals surface area contributed by atoms with Crippen molar-refractivity contribution in [1.82, 2.24) is 4.31 Å². The molecule has 1 aliphatic rings. The summed E-state index contributed by atoms with van der Waals surface area (Å²) in [4.78, 5) is 38.5. The number of fused-ring (bicyclic) bond motifs is 2. The number of hydrogen-bond acceptors (Lipinski definition) is 6. The molecule has 0 aliphatic carbocycles. The van der Waals surface area contributed by atoms with E-state index in [2.05, 4.69) is 11.9 Å². The first kappa shape index (κ1) is 19.7. The van der Waals surface area contributed by atoms with Crippen LogP contribution in [0.15, 0.2) is 81.6 Å². The number of hydrogen-bond donors (Lipinski definition) is 1. The van der Waals surface area contributed by atoms with Gasteiger partial charge in [0.15, 0.2) is 11.8 Å². The Hall–Kier alpha value is -3.56. The highest BCUT2D eigenvalue weighted by atomic mass is 32.2. The van der Waals surface area contributed by atoms with Crippen LogP contribution < -0.4 is 10.7 Å². The van der Waals surface area contributed by atoms with E-state index >= 15 is 0 Å². The lowest BCUT2D eigenvalue weighted by Crippen LogP contribution is -2.55. The molecule has 0 saturated carbocycles. The van der Waals surface area contributed by atoms with Gasteiger partial charge in [-0.3, -0.25) is 14.4 Å². The van der Waals surface area contributed by atoms with Crippen LogP contribution in [0.1, 0.15) is 10.4 Å². The van der Waals surface area contributed by atoms with E-state index in [-0.39, 0.29) is 28.1 Å². The highest BCUT2D eigenvalue weighted by Crippen LogP contribution is 2.30. The molecule has 30 heavy (non-hydrogen) atoms. The zero-order valence-corrected chi connectivity index (χ0v) is 16.4. The Morgan fingerprint density at radius 2 is 1.83 bits per heavy atom. The monoisotopic (exact) mass is 424 g/mol. The zero-order valence-electron chi connectivity index (χ0n) is 15.6. The summed E-state index contributed by atoms with van der Waals surface area (Å²) in [5.74, 6) is -1.65. The molecular formula is C21H16N2O6S. The number of nitrogens with one attached hydrogen (secondary N) is 1. The molecular weight excluding hydrogens is 408 g/mol. The molecule has 0 saturated heterocycles. The van der Waals surface area contributed by atoms with Crippen molar-refractivity contribution < 1.29 is 22.4 Å². The summed E-state index contributed by atoms with van der Waals surface area (Å²) >= 11 is 0. The Morgan fingerprint density at radius 1 is 1.13 bits per heavy atom. The number of para-hydroxylation sites is 1. The number of anilines is 1. The number of rotatable bonds is 4. The lowest BCUT2D eigenvalue weighted by atomic mass is 10.0. The maximum absolute atomic E-state index is 13.0. The highest BCUT2D eigenvalue weighted by molar-refractivity contribution is 7.89. The number of Topliss-reactive ketones (excluding diaryl/α,β-unsaturated/α-hetero) is 1. The van der Waals surface area contributed by atoms with Crippen molar-refractivity contribution in [2.45, 2.75) is 10.9 Å². The third-order valence-electron chi connectivity index (χ3n) is 4.77. The SMILES string of the molecule is C=CCN1C(C(=O)Nc2coc3ccccc3c2=O)C(=O)c2ccccc2S1(=O)=O. The van der Waals surface area contributed by atoms with E-state index in [1.807, 2.05) is 0 Å². The van der Waals surface area contributed by atoms with Crippen LogP contribution >= 0.6 is 0 Å². The number of carbonyl (C=O) groups is 2. The zero-order chi connectivity index (χ0) is 21.5. The maximum atomic E-state index is 13.0. The van der Waals surface area contributed by atoms with Gasteiger partial charge >= 0.3 is 0 Å². The van der Waals surface area contributed by atoms with Gasteiger partial charge in [-0.1, -0.05) is 30.3 Å². The number of amides is 1. The predicted octanol–water partition coefficient (Wildman–Crippen LogP) is 2.17. The highest BCUT2D eigenvalue weighted by Gasteiger charge is 2.46. The Labute approximate surface area is 171 Å². The van der Waals surface area contributed by atoms with E-state index in [9.17, 15) is 22.8 Å². The maximum Gasteiger partial charge on any atom is 0.251 e. The van der Waals surface area contributed by atoms with Crippen molar-refractivity contribution in [3.8, 4) is 0 Å². The first-order valence-corrected chi connectivity index (χ1v) is 10.4. The summed E-state index contributed by atoms with van der Waals surface area (Å²) < 4.78 is 32.2. The van der Waals surface area contributed by atoms with Gasteiger partial charge in [0.25, 0.3) is 5.91 Å². The van der Waals surface area contributed by atoms with E-state index in [0.717, 1.165) is 10.6 Å². The predicted molar refractivity (Wildman–Crippen MR) is 110 cm³/mol. The minimum absolute atomic E-state index is 0.0801. The van der Waals surface area contributed by atoms with Crippen molar-refractivity contribution >= 4 is 38.4 Å². The van der Waals surface area contributed by atoms with E-state index in [1.165, 1.54) is 36.4 Å². The van der Waals surface area contributed by atoms with Crippen molar-refractivity contribution in [1.29, 1.82) is 0 Å². The molecule has 8 nitrogen and oxygen atoms in total. The molecule has 2 aromatic carbocycles. The van der Waals surface area contributed by atoms with Gasteiger partial charge in [0.2, 0.25) is 15.5 Å². The van der Waals surface area contributed by atoms with E-state index in [1.54, 1.807) is 18.2 Å². The number of nitrogens with zero attached hydrogens (tertiary/aromatic N) is 1. The van der Waals surface area contributed by atoms with Crippen molar-refractivity contribution in [3.05, 3.63) is 83.2 Å². The van der Waals surface area contributed by atoms with Crippen molar-refractivity contribution in [2.75, 3.05) is 11.9 Å². The van der Waals surface area contributed by atoms with Crippen molar-refractivity contribution in [3.63, 3.8) is 0 Å². The van der Waals surface area contributed by atoms with Crippen LogP contribution in [0.3, 0.4) is 0 Å². The van der Waals surface area contributed by atoms with E-state index in [0.29, 0.717) is 5.58 Å². The first-order valence-electron chi connectivity index (χ1n) is 8.93. The second-order valence-corrected chi connectivity index (χ2v) is 8.45. The summed E-state index contributed by atoms with van der Waals surface area (Å²) in [5, 5.41) is 2.59. The molecule has 1 unspecified atom stereocenters. The molecule has 0 radical (unpaired) electrons. The van der Waals surface area contributed by atoms with Gasteiger partial charge in [0.1, 0.15) is 17.5 Å². The van der Waals surface area contributed by atoms with Crippen LogP contribution in [0, 0.1) is 0 Å². The quantitative estimate of drug-likeness (QED) is 0.507. The summed E-state index contributed by atoms with van der Waals surface area (Å²) in [6.07, 6.45) is 2.35. The van der Waals surface area contributed by atoms with Crippen LogP contribution in [0.5, 0.6) is 0 Å². The molecule has 0 bridgehead atoms. The Balaban J connectivity index is 1.78. The fourth-order valence-electron chi connectivity index (χ4n) is 3.38. The van der Waals surface area contributed by atoms with Gasteiger partial charge < -0.3 is 9.73 Å². The average Bonchev–Trinajstić information content (AvgIpc) is 2.74. The Morgan fingerprint density at radius 3 is 2.60 bits per heavy atom. The van der Waals surface area contributed by atoms with Crippen LogP contribution in [0.2, 0.25) is 0 Å². The number of ketones is 1. The summed E-state index contributed by atoms with van der Waals surface area (Å²) in [7, 11) is -4.13. The van der Waals surface area contributed by atoms with Crippen LogP contribution in [0.25, 0.3) is 11.0 Å². The van der Waals surface area contributed by atoms with Gasteiger partial charge in [-0.25, -0.2) is 8.42 Å². The molecule has 4 rings (SSSR count). The van der Waals surface area contributed by atoms with E-state index in [4.69, 9.17) is 4.42 Å². The second kappa shape index (κ2) is 7.36. The second-order valence-electron chi connectivity index (χ2n) is 6.59. The molecule has 3 aromatic rings. The lowest BCUT2D eigenvalue weighted by Gasteiger charge is -2.33. The molecule has 1 aromatic heterocycles. The minimum atomic E-state index is -4.13. The third-order valence-corrected chi connectivity index (χ3v) is 6.66. The molecule has 1 aliphatic heterocycles. The minimum Gasteiger partial charge on any atom is -0.462 e. The summed E-state index contributed by atoms with van der Waals surface area (Å²) in [6, 6.07) is 10.5. The van der Waals surface area contributed by atoms with Gasteiger partial charge in [0, 0.05) is 12.1 Å². The molecule has 9 heteroatoms. The third kappa shape index (κ3) is 3.04. The smallest absolute Gasteiger partial charge is 0.251 e. The van der Waals surface area contributed by atoms with Crippen LogP contribution in [-0.2, 0) is 14.8 Å². The van der Waals surface area contributed by atoms with Gasteiger partial charge in [-0.15, -0.1) is 6.58 Å².